The van der Waals surface area contributed by atoms with Crippen LogP contribution in [0.2, 0.25) is 0 Å². The van der Waals surface area contributed by atoms with Crippen LogP contribution in [0.4, 0.5) is 5.69 Å². The van der Waals surface area contributed by atoms with E-state index in [0.29, 0.717) is 12.0 Å². The van der Waals surface area contributed by atoms with E-state index in [0.717, 1.165) is 0 Å². The Kier molecular flexibility index (Phi) is 4.16. The molecule has 0 radical (unpaired) electrons. The summed E-state index contributed by atoms with van der Waals surface area (Å²) in [7, 11) is 0. The molecule has 2 unspecified atom stereocenters. The molecule has 0 fully saturated rings. The van der Waals surface area contributed by atoms with Crippen molar-refractivity contribution in [3.63, 3.8) is 0 Å². The van der Waals surface area contributed by atoms with E-state index in [4.69, 9.17) is 0 Å². The van der Waals surface area contributed by atoms with E-state index < -0.39 is 0 Å². The van der Waals surface area contributed by atoms with Crippen molar-refractivity contribution in [3.05, 3.63) is 46.0 Å². The summed E-state index contributed by atoms with van der Waals surface area (Å²) in [6.45, 7) is 11.5. The molecule has 1 aliphatic heterocycles. The molecule has 0 bridgehead atoms. The quantitative estimate of drug-likeness (QED) is 0.724. The van der Waals surface area contributed by atoms with Crippen molar-refractivity contribution in [1.82, 2.24) is 0 Å². The highest BCUT2D eigenvalue weighted by atomic mass is 14.9. The molecule has 118 valence electrons. The van der Waals surface area contributed by atoms with Gasteiger partial charge < -0.3 is 5.32 Å². The first-order valence-electron chi connectivity index (χ1n) is 8.81. The van der Waals surface area contributed by atoms with Gasteiger partial charge in [-0.05, 0) is 62.7 Å². The van der Waals surface area contributed by atoms with Gasteiger partial charge in [-0.1, -0.05) is 49.6 Å². The number of hydrogen-bond acceptors (Lipinski definition) is 1. The lowest BCUT2D eigenvalue weighted by Crippen LogP contribution is -2.26. The molecule has 0 aromatic heterocycles. The maximum atomic E-state index is 3.86. The van der Waals surface area contributed by atoms with E-state index in [9.17, 15) is 0 Å². The first-order chi connectivity index (χ1) is 10.5. The van der Waals surface area contributed by atoms with Crippen molar-refractivity contribution in [2.75, 3.05) is 5.32 Å². The highest BCUT2D eigenvalue weighted by Gasteiger charge is 2.27. The normalized spacial score (nSPS) is 24.6. The van der Waals surface area contributed by atoms with Crippen LogP contribution in [0.1, 0.15) is 65.0 Å². The molecule has 1 heteroatoms. The van der Waals surface area contributed by atoms with Gasteiger partial charge in [-0.3, -0.25) is 0 Å². The first kappa shape index (κ1) is 15.4. The van der Waals surface area contributed by atoms with Crippen molar-refractivity contribution >= 4 is 11.3 Å². The second-order valence-corrected chi connectivity index (χ2v) is 7.10. The lowest BCUT2D eigenvalue weighted by Gasteiger charge is -2.29. The molecule has 0 saturated carbocycles. The van der Waals surface area contributed by atoms with Crippen molar-refractivity contribution in [1.29, 1.82) is 0 Å². The molecule has 1 heterocycles. The van der Waals surface area contributed by atoms with Gasteiger partial charge in [-0.15, -0.1) is 0 Å². The van der Waals surface area contributed by atoms with Gasteiger partial charge in [-0.25, -0.2) is 0 Å². The average Bonchev–Trinajstić information content (AvgIpc) is 2.71. The Labute approximate surface area is 135 Å². The lowest BCUT2D eigenvalue weighted by atomic mass is 9.88. The van der Waals surface area contributed by atoms with E-state index >= 15 is 0 Å². The van der Waals surface area contributed by atoms with Crippen LogP contribution in [0.5, 0.6) is 0 Å². The Morgan fingerprint density at radius 1 is 1.14 bits per heavy atom. The van der Waals surface area contributed by atoms with Gasteiger partial charge in [0.15, 0.2) is 0 Å². The number of benzene rings is 1. The number of para-hydroxylation sites is 1. The predicted molar refractivity (Wildman–Crippen MR) is 97.2 cm³/mol. The maximum Gasteiger partial charge on any atom is 0.0454 e. The molecule has 22 heavy (non-hydrogen) atoms. The van der Waals surface area contributed by atoms with E-state index in [1.54, 1.807) is 0 Å². The SMILES string of the molecule is CCCC1CCc2cccc(C3=C(C)C(C)C(C)=C3C)c2N1. The van der Waals surface area contributed by atoms with Crippen LogP contribution in [-0.4, -0.2) is 6.04 Å². The molecule has 1 nitrogen and oxygen atoms in total. The molecule has 0 spiro atoms. The van der Waals surface area contributed by atoms with Crippen LogP contribution in [-0.2, 0) is 6.42 Å². The number of aryl methyl sites for hydroxylation is 1. The van der Waals surface area contributed by atoms with Gasteiger partial charge in [0.25, 0.3) is 0 Å². The molecule has 1 N–H and O–H groups in total. The highest BCUT2D eigenvalue weighted by Crippen LogP contribution is 2.45. The molecule has 0 amide bonds. The average molecular weight is 295 g/mol. The number of rotatable bonds is 3. The fraction of sp³-hybridized carbons (Fsp3) is 0.524. The van der Waals surface area contributed by atoms with Gasteiger partial charge in [0, 0.05) is 17.3 Å². The Balaban J connectivity index is 2.07. The van der Waals surface area contributed by atoms with Gasteiger partial charge in [-0.2, -0.15) is 0 Å². The summed E-state index contributed by atoms with van der Waals surface area (Å²) in [5, 5.41) is 3.86. The van der Waals surface area contributed by atoms with Crippen LogP contribution < -0.4 is 5.32 Å². The Morgan fingerprint density at radius 2 is 1.91 bits per heavy atom. The van der Waals surface area contributed by atoms with Crippen LogP contribution >= 0.6 is 0 Å². The lowest BCUT2D eigenvalue weighted by molar-refractivity contribution is 0.578. The summed E-state index contributed by atoms with van der Waals surface area (Å²) >= 11 is 0. The zero-order valence-electron chi connectivity index (χ0n) is 14.7. The van der Waals surface area contributed by atoms with Crippen molar-refractivity contribution < 1.29 is 0 Å². The fourth-order valence-electron chi connectivity index (χ4n) is 4.13. The van der Waals surface area contributed by atoms with Gasteiger partial charge in [0.2, 0.25) is 0 Å². The minimum atomic E-state index is 0.584. The van der Waals surface area contributed by atoms with Crippen LogP contribution in [0.25, 0.3) is 5.57 Å². The van der Waals surface area contributed by atoms with Gasteiger partial charge >= 0.3 is 0 Å². The zero-order chi connectivity index (χ0) is 15.9. The monoisotopic (exact) mass is 295 g/mol. The third-order valence-electron chi connectivity index (χ3n) is 5.83. The number of hydrogen-bond donors (Lipinski definition) is 1. The fourth-order valence-corrected chi connectivity index (χ4v) is 4.13. The highest BCUT2D eigenvalue weighted by molar-refractivity contribution is 5.91. The minimum Gasteiger partial charge on any atom is -0.382 e. The summed E-state index contributed by atoms with van der Waals surface area (Å²) in [6, 6.07) is 7.49. The Bertz CT molecular complexity index is 648. The third-order valence-corrected chi connectivity index (χ3v) is 5.83. The summed E-state index contributed by atoms with van der Waals surface area (Å²) in [5.74, 6) is 0.584. The third kappa shape index (κ3) is 2.41. The number of nitrogens with one attached hydrogen (secondary N) is 1. The molecule has 2 aliphatic rings. The number of fused-ring (bicyclic) bond motifs is 1. The van der Waals surface area contributed by atoms with Crippen molar-refractivity contribution in [3.8, 4) is 0 Å². The smallest absolute Gasteiger partial charge is 0.0454 e. The van der Waals surface area contributed by atoms with Crippen molar-refractivity contribution in [2.24, 2.45) is 5.92 Å². The zero-order valence-corrected chi connectivity index (χ0v) is 14.7. The van der Waals surface area contributed by atoms with E-state index in [1.165, 1.54) is 64.8 Å². The van der Waals surface area contributed by atoms with Gasteiger partial charge in [0.1, 0.15) is 0 Å². The van der Waals surface area contributed by atoms with Crippen LogP contribution in [0, 0.1) is 5.92 Å². The summed E-state index contributed by atoms with van der Waals surface area (Å²) < 4.78 is 0. The summed E-state index contributed by atoms with van der Waals surface area (Å²) in [6.07, 6.45) is 5.01. The molecule has 0 saturated heterocycles. The minimum absolute atomic E-state index is 0.584. The largest absolute Gasteiger partial charge is 0.382 e. The predicted octanol–water partition coefficient (Wildman–Crippen LogP) is 5.97. The standard InChI is InChI=1S/C21H29N/c1-6-8-18-12-11-17-9-7-10-19(21(17)22-18)20-15(4)13(2)14(3)16(20)5/h7,9-10,13,18,22H,6,8,11-12H2,1-5H3. The van der Waals surface area contributed by atoms with Crippen molar-refractivity contribution in [2.45, 2.75) is 66.3 Å². The molecule has 3 rings (SSSR count). The summed E-state index contributed by atoms with van der Waals surface area (Å²) in [5.41, 5.74) is 10.4. The first-order valence-corrected chi connectivity index (χ1v) is 8.81. The Morgan fingerprint density at radius 3 is 2.55 bits per heavy atom. The van der Waals surface area contributed by atoms with Gasteiger partial charge in [0.05, 0.1) is 0 Å². The molecule has 2 atom stereocenters. The van der Waals surface area contributed by atoms with Crippen LogP contribution in [0.3, 0.4) is 0 Å². The molecule has 1 aromatic rings. The van der Waals surface area contributed by atoms with Crippen LogP contribution in [0.15, 0.2) is 34.9 Å². The number of anilines is 1. The maximum absolute atomic E-state index is 3.86. The van der Waals surface area contributed by atoms with E-state index in [2.05, 4.69) is 58.1 Å². The Hall–Kier alpha value is -1.50. The van der Waals surface area contributed by atoms with E-state index in [-0.39, 0.29) is 0 Å². The second-order valence-electron chi connectivity index (χ2n) is 7.10. The molecule has 1 aromatic carbocycles. The summed E-state index contributed by atoms with van der Waals surface area (Å²) in [4.78, 5) is 0. The molecular formula is C21H29N. The molecule has 1 aliphatic carbocycles. The molecular weight excluding hydrogens is 266 g/mol. The van der Waals surface area contributed by atoms with E-state index in [1.807, 2.05) is 0 Å². The topological polar surface area (TPSA) is 12.0 Å². The second kappa shape index (κ2) is 5.95. The number of allylic oxidation sites excluding steroid dienone is 4.